The number of ether oxygens (including phenoxy) is 2. The fraction of sp³-hybridized carbons (Fsp3) is 0.600. The molecule has 0 radical (unpaired) electrons. The molecule has 0 atom stereocenters. The summed E-state index contributed by atoms with van der Waals surface area (Å²) in [6, 6.07) is 1.36. The number of aromatic nitrogens is 2. The maximum atomic E-state index is 11.4. The first kappa shape index (κ1) is 12.7. The van der Waals surface area contributed by atoms with Crippen molar-refractivity contribution in [2.24, 2.45) is 0 Å². The Labute approximate surface area is 94.0 Å². The van der Waals surface area contributed by atoms with E-state index in [0.29, 0.717) is 32.1 Å². The lowest BCUT2D eigenvalue weighted by atomic mass is 10.4. The standard InChI is InChI=1S/C10H17N3O3/c1-15-5-6-16-4-2-3-13-10(14)7-9(11)8-12-13/h7-8H,2-6,11H2,1H3. The van der Waals surface area contributed by atoms with Crippen LogP contribution in [-0.2, 0) is 16.0 Å². The van der Waals surface area contributed by atoms with E-state index in [2.05, 4.69) is 5.10 Å². The van der Waals surface area contributed by atoms with E-state index < -0.39 is 0 Å². The molecular weight excluding hydrogens is 210 g/mol. The zero-order valence-corrected chi connectivity index (χ0v) is 9.39. The van der Waals surface area contributed by atoms with Gasteiger partial charge in [0.05, 0.1) is 25.1 Å². The molecule has 0 aliphatic heterocycles. The summed E-state index contributed by atoms with van der Waals surface area (Å²) in [5.41, 5.74) is 5.63. The average Bonchev–Trinajstić information content (AvgIpc) is 2.26. The Bertz CT molecular complexity index is 365. The van der Waals surface area contributed by atoms with Crippen LogP contribution in [0.2, 0.25) is 0 Å². The lowest BCUT2D eigenvalue weighted by molar-refractivity contribution is 0.0675. The van der Waals surface area contributed by atoms with Gasteiger partial charge in [-0.1, -0.05) is 0 Å². The van der Waals surface area contributed by atoms with E-state index in [1.165, 1.54) is 16.9 Å². The van der Waals surface area contributed by atoms with Gasteiger partial charge in [-0.25, -0.2) is 4.68 Å². The van der Waals surface area contributed by atoms with Crippen LogP contribution < -0.4 is 11.3 Å². The van der Waals surface area contributed by atoms with Gasteiger partial charge in [0.25, 0.3) is 5.56 Å². The highest BCUT2D eigenvalue weighted by Crippen LogP contribution is 1.92. The van der Waals surface area contributed by atoms with Crippen molar-refractivity contribution in [2.45, 2.75) is 13.0 Å². The van der Waals surface area contributed by atoms with Crippen molar-refractivity contribution in [3.05, 3.63) is 22.6 Å². The van der Waals surface area contributed by atoms with Crippen molar-refractivity contribution in [3.8, 4) is 0 Å². The van der Waals surface area contributed by atoms with Gasteiger partial charge in [-0.05, 0) is 6.42 Å². The molecule has 6 heteroatoms. The smallest absolute Gasteiger partial charge is 0.268 e. The maximum absolute atomic E-state index is 11.4. The number of nitrogens with two attached hydrogens (primary N) is 1. The molecule has 1 rings (SSSR count). The van der Waals surface area contributed by atoms with Crippen LogP contribution in [0.3, 0.4) is 0 Å². The molecular formula is C10H17N3O3. The van der Waals surface area contributed by atoms with E-state index in [0.717, 1.165) is 6.42 Å². The molecule has 1 aromatic rings. The molecule has 2 N–H and O–H groups in total. The Morgan fingerprint density at radius 1 is 1.44 bits per heavy atom. The summed E-state index contributed by atoms with van der Waals surface area (Å²) in [5.74, 6) is 0. The number of rotatable bonds is 7. The van der Waals surface area contributed by atoms with Crippen LogP contribution in [0.15, 0.2) is 17.1 Å². The zero-order chi connectivity index (χ0) is 11.8. The second kappa shape index (κ2) is 6.97. The van der Waals surface area contributed by atoms with E-state index >= 15 is 0 Å². The first-order valence-corrected chi connectivity index (χ1v) is 5.13. The second-order valence-electron chi connectivity index (χ2n) is 3.31. The summed E-state index contributed by atoms with van der Waals surface area (Å²) in [6.45, 7) is 2.27. The number of aryl methyl sites for hydroxylation is 1. The van der Waals surface area contributed by atoms with Crippen molar-refractivity contribution in [2.75, 3.05) is 32.7 Å². The zero-order valence-electron chi connectivity index (χ0n) is 9.39. The second-order valence-corrected chi connectivity index (χ2v) is 3.31. The Kier molecular flexibility index (Phi) is 5.52. The molecule has 0 fully saturated rings. The van der Waals surface area contributed by atoms with E-state index in [1.807, 2.05) is 0 Å². The maximum Gasteiger partial charge on any atom is 0.268 e. The summed E-state index contributed by atoms with van der Waals surface area (Å²) >= 11 is 0. The van der Waals surface area contributed by atoms with Crippen LogP contribution in [0.5, 0.6) is 0 Å². The van der Waals surface area contributed by atoms with Gasteiger partial charge < -0.3 is 15.2 Å². The highest BCUT2D eigenvalue weighted by Gasteiger charge is 1.97. The van der Waals surface area contributed by atoms with Gasteiger partial charge in [-0.15, -0.1) is 0 Å². The van der Waals surface area contributed by atoms with Crippen LogP contribution in [0.1, 0.15) is 6.42 Å². The van der Waals surface area contributed by atoms with Gasteiger partial charge in [0.15, 0.2) is 0 Å². The van der Waals surface area contributed by atoms with Crippen molar-refractivity contribution >= 4 is 5.69 Å². The fourth-order valence-electron chi connectivity index (χ4n) is 1.18. The van der Waals surface area contributed by atoms with Crippen molar-refractivity contribution in [3.63, 3.8) is 0 Å². The number of nitrogens with zero attached hydrogens (tertiary/aromatic N) is 2. The molecule has 0 aromatic carbocycles. The lowest BCUT2D eigenvalue weighted by Crippen LogP contribution is -2.23. The fourth-order valence-corrected chi connectivity index (χ4v) is 1.18. The largest absolute Gasteiger partial charge is 0.397 e. The number of methoxy groups -OCH3 is 1. The third-order valence-corrected chi connectivity index (χ3v) is 1.98. The Balaban J connectivity index is 2.24. The molecule has 0 amide bonds. The van der Waals surface area contributed by atoms with Gasteiger partial charge >= 0.3 is 0 Å². The molecule has 0 spiro atoms. The van der Waals surface area contributed by atoms with Crippen molar-refractivity contribution in [1.29, 1.82) is 0 Å². The molecule has 0 aliphatic carbocycles. The predicted octanol–water partition coefficient (Wildman–Crippen LogP) is -0.121. The van der Waals surface area contributed by atoms with Gasteiger partial charge in [-0.3, -0.25) is 4.79 Å². The first-order chi connectivity index (χ1) is 7.74. The van der Waals surface area contributed by atoms with E-state index in [1.54, 1.807) is 7.11 Å². The Morgan fingerprint density at radius 2 is 2.25 bits per heavy atom. The minimum atomic E-state index is -0.183. The minimum absolute atomic E-state index is 0.183. The highest BCUT2D eigenvalue weighted by atomic mass is 16.5. The normalized spacial score (nSPS) is 10.6. The number of hydrogen-bond donors (Lipinski definition) is 1. The van der Waals surface area contributed by atoms with Crippen LogP contribution in [0.25, 0.3) is 0 Å². The minimum Gasteiger partial charge on any atom is -0.397 e. The first-order valence-electron chi connectivity index (χ1n) is 5.13. The Hall–Kier alpha value is -1.40. The molecule has 1 heterocycles. The monoisotopic (exact) mass is 227 g/mol. The number of anilines is 1. The molecule has 0 bridgehead atoms. The van der Waals surface area contributed by atoms with E-state index in [-0.39, 0.29) is 5.56 Å². The third-order valence-electron chi connectivity index (χ3n) is 1.98. The number of hydrogen-bond acceptors (Lipinski definition) is 5. The summed E-state index contributed by atoms with van der Waals surface area (Å²) in [6.07, 6.45) is 2.20. The predicted molar refractivity (Wildman–Crippen MR) is 60.2 cm³/mol. The van der Waals surface area contributed by atoms with Crippen LogP contribution >= 0.6 is 0 Å². The summed E-state index contributed by atoms with van der Waals surface area (Å²) in [5, 5.41) is 3.91. The Morgan fingerprint density at radius 3 is 2.94 bits per heavy atom. The SMILES string of the molecule is COCCOCCCn1ncc(N)cc1=O. The van der Waals surface area contributed by atoms with Crippen molar-refractivity contribution in [1.82, 2.24) is 9.78 Å². The summed E-state index contributed by atoms with van der Waals surface area (Å²) in [7, 11) is 1.63. The van der Waals surface area contributed by atoms with E-state index in [4.69, 9.17) is 15.2 Å². The molecule has 0 saturated heterocycles. The molecule has 0 unspecified atom stereocenters. The van der Waals surface area contributed by atoms with Crippen LogP contribution in [0.4, 0.5) is 5.69 Å². The molecule has 16 heavy (non-hydrogen) atoms. The molecule has 6 nitrogen and oxygen atoms in total. The molecule has 90 valence electrons. The van der Waals surface area contributed by atoms with Crippen LogP contribution in [0, 0.1) is 0 Å². The van der Waals surface area contributed by atoms with Gasteiger partial charge in [-0.2, -0.15) is 5.10 Å². The lowest BCUT2D eigenvalue weighted by Gasteiger charge is -2.05. The van der Waals surface area contributed by atoms with Gasteiger partial charge in [0.2, 0.25) is 0 Å². The highest BCUT2D eigenvalue weighted by molar-refractivity contribution is 5.31. The van der Waals surface area contributed by atoms with Gasteiger partial charge in [0.1, 0.15) is 0 Å². The summed E-state index contributed by atoms with van der Waals surface area (Å²) < 4.78 is 11.5. The summed E-state index contributed by atoms with van der Waals surface area (Å²) in [4.78, 5) is 11.4. The van der Waals surface area contributed by atoms with Crippen LogP contribution in [-0.4, -0.2) is 36.7 Å². The van der Waals surface area contributed by atoms with Crippen molar-refractivity contribution < 1.29 is 9.47 Å². The topological polar surface area (TPSA) is 79.4 Å². The average molecular weight is 227 g/mol. The number of nitrogen functional groups attached to an aromatic ring is 1. The quantitative estimate of drug-likeness (QED) is 0.657. The van der Waals surface area contributed by atoms with E-state index in [9.17, 15) is 4.79 Å². The molecule has 0 aliphatic rings. The molecule has 0 saturated carbocycles. The molecule has 1 aromatic heterocycles. The third kappa shape index (κ3) is 4.41. The van der Waals surface area contributed by atoms with Gasteiger partial charge in [0, 0.05) is 26.3 Å².